The lowest BCUT2D eigenvalue weighted by Gasteiger charge is -2.11. The van der Waals surface area contributed by atoms with Gasteiger partial charge in [-0.2, -0.15) is 5.10 Å². The van der Waals surface area contributed by atoms with E-state index < -0.39 is 0 Å². The fourth-order valence-corrected chi connectivity index (χ4v) is 2.29. The predicted molar refractivity (Wildman–Crippen MR) is 94.2 cm³/mol. The molecule has 0 aliphatic rings. The maximum absolute atomic E-state index is 12.3. The number of amides is 3. The van der Waals surface area contributed by atoms with Crippen molar-refractivity contribution in [1.29, 1.82) is 0 Å². The zero-order chi connectivity index (χ0) is 18.2. The van der Waals surface area contributed by atoms with Crippen molar-refractivity contribution in [3.63, 3.8) is 0 Å². The minimum absolute atomic E-state index is 0.259. The van der Waals surface area contributed by atoms with Crippen LogP contribution in [-0.2, 0) is 16.1 Å². The summed E-state index contributed by atoms with van der Waals surface area (Å²) >= 11 is 0. The second-order valence-electron chi connectivity index (χ2n) is 5.54. The summed E-state index contributed by atoms with van der Waals surface area (Å²) in [5.74, 6) is -0.796. The molecule has 25 heavy (non-hydrogen) atoms. The number of benzene rings is 1. The first-order valence-corrected chi connectivity index (χ1v) is 7.90. The van der Waals surface area contributed by atoms with Crippen LogP contribution >= 0.6 is 0 Å². The molecule has 1 heterocycles. The van der Waals surface area contributed by atoms with Gasteiger partial charge in [0.05, 0.1) is 0 Å². The van der Waals surface area contributed by atoms with E-state index in [1.54, 1.807) is 29.1 Å². The van der Waals surface area contributed by atoms with Gasteiger partial charge in [0.25, 0.3) is 5.91 Å². The third-order valence-electron chi connectivity index (χ3n) is 3.24. The van der Waals surface area contributed by atoms with Gasteiger partial charge in [0.15, 0.2) is 0 Å². The van der Waals surface area contributed by atoms with E-state index in [1.807, 2.05) is 12.3 Å². The predicted octanol–water partition coefficient (Wildman–Crippen LogP) is 1.62. The summed E-state index contributed by atoms with van der Waals surface area (Å²) in [5.41, 5.74) is 1.25. The van der Waals surface area contributed by atoms with Gasteiger partial charge in [-0.25, -0.2) is 0 Å². The Morgan fingerprint density at radius 2 is 1.68 bits per heavy atom. The lowest BCUT2D eigenvalue weighted by molar-refractivity contribution is -0.115. The lowest BCUT2D eigenvalue weighted by atomic mass is 10.1. The van der Waals surface area contributed by atoms with E-state index in [2.05, 4.69) is 21.0 Å². The Balaban J connectivity index is 2.00. The van der Waals surface area contributed by atoms with E-state index in [4.69, 9.17) is 0 Å². The molecule has 0 aliphatic heterocycles. The van der Waals surface area contributed by atoms with Crippen LogP contribution in [0.5, 0.6) is 0 Å². The van der Waals surface area contributed by atoms with Crippen LogP contribution in [-0.4, -0.2) is 34.0 Å². The Hall–Kier alpha value is -3.16. The average molecular weight is 343 g/mol. The molecule has 3 amide bonds. The van der Waals surface area contributed by atoms with E-state index in [-0.39, 0.29) is 17.7 Å². The molecule has 0 saturated heterocycles. The van der Waals surface area contributed by atoms with Crippen molar-refractivity contribution in [2.45, 2.75) is 26.8 Å². The molecule has 2 aromatic rings. The molecule has 132 valence electrons. The Kier molecular flexibility index (Phi) is 6.27. The monoisotopic (exact) mass is 343 g/mol. The SMILES string of the molecule is CC(=O)Nc1cc(NC(C)=O)cc(C(=O)NCCCn2cccn2)c1. The van der Waals surface area contributed by atoms with Crippen LogP contribution in [0.25, 0.3) is 0 Å². The average Bonchev–Trinajstić information content (AvgIpc) is 3.03. The molecule has 3 N–H and O–H groups in total. The lowest BCUT2D eigenvalue weighted by Crippen LogP contribution is -2.25. The van der Waals surface area contributed by atoms with Gasteiger partial charge in [-0.15, -0.1) is 0 Å². The van der Waals surface area contributed by atoms with Crippen LogP contribution in [0.15, 0.2) is 36.7 Å². The summed E-state index contributed by atoms with van der Waals surface area (Å²) in [6.45, 7) is 3.94. The van der Waals surface area contributed by atoms with Crippen molar-refractivity contribution >= 4 is 29.1 Å². The maximum atomic E-state index is 12.3. The van der Waals surface area contributed by atoms with E-state index >= 15 is 0 Å². The zero-order valence-corrected chi connectivity index (χ0v) is 14.2. The van der Waals surface area contributed by atoms with Gasteiger partial charge in [-0.3, -0.25) is 19.1 Å². The number of anilines is 2. The van der Waals surface area contributed by atoms with Crippen LogP contribution in [0, 0.1) is 0 Å². The van der Waals surface area contributed by atoms with Gasteiger partial charge in [0.2, 0.25) is 11.8 Å². The number of nitrogens with one attached hydrogen (secondary N) is 3. The minimum atomic E-state index is -0.278. The highest BCUT2D eigenvalue weighted by Crippen LogP contribution is 2.19. The van der Waals surface area contributed by atoms with Crippen molar-refractivity contribution in [1.82, 2.24) is 15.1 Å². The van der Waals surface area contributed by atoms with Crippen molar-refractivity contribution < 1.29 is 14.4 Å². The largest absolute Gasteiger partial charge is 0.352 e. The number of hydrogen-bond donors (Lipinski definition) is 3. The molecule has 1 aromatic heterocycles. The molecule has 0 radical (unpaired) electrons. The number of aromatic nitrogens is 2. The fourth-order valence-electron chi connectivity index (χ4n) is 2.29. The van der Waals surface area contributed by atoms with Crippen LogP contribution in [0.1, 0.15) is 30.6 Å². The summed E-state index contributed by atoms with van der Waals surface area (Å²) in [4.78, 5) is 34.8. The molecule has 0 atom stereocenters. The zero-order valence-electron chi connectivity index (χ0n) is 14.2. The molecular weight excluding hydrogens is 322 g/mol. The molecule has 0 aliphatic carbocycles. The van der Waals surface area contributed by atoms with Crippen molar-refractivity contribution in [2.75, 3.05) is 17.2 Å². The van der Waals surface area contributed by atoms with E-state index in [9.17, 15) is 14.4 Å². The van der Waals surface area contributed by atoms with Crippen molar-refractivity contribution in [2.24, 2.45) is 0 Å². The molecule has 0 bridgehead atoms. The second-order valence-corrected chi connectivity index (χ2v) is 5.54. The van der Waals surface area contributed by atoms with Gasteiger partial charge in [0.1, 0.15) is 0 Å². The van der Waals surface area contributed by atoms with Crippen LogP contribution in [0.2, 0.25) is 0 Å². The first-order chi connectivity index (χ1) is 11.9. The third kappa shape index (κ3) is 6.09. The molecule has 1 aromatic carbocycles. The number of carbonyl (C=O) groups excluding carboxylic acids is 3. The van der Waals surface area contributed by atoms with Crippen LogP contribution in [0.3, 0.4) is 0 Å². The topological polar surface area (TPSA) is 105 Å². The van der Waals surface area contributed by atoms with Crippen LogP contribution < -0.4 is 16.0 Å². The summed E-state index contributed by atoms with van der Waals surface area (Å²) in [6.07, 6.45) is 4.30. The highest BCUT2D eigenvalue weighted by Gasteiger charge is 2.10. The Labute approximate surface area is 145 Å². The highest BCUT2D eigenvalue weighted by atomic mass is 16.2. The second kappa shape index (κ2) is 8.62. The first-order valence-electron chi connectivity index (χ1n) is 7.90. The van der Waals surface area contributed by atoms with Gasteiger partial charge < -0.3 is 16.0 Å². The Morgan fingerprint density at radius 1 is 1.04 bits per heavy atom. The molecule has 0 fully saturated rings. The number of hydrogen-bond acceptors (Lipinski definition) is 4. The summed E-state index contributed by atoms with van der Waals surface area (Å²) in [7, 11) is 0. The van der Waals surface area contributed by atoms with Crippen molar-refractivity contribution in [3.8, 4) is 0 Å². The van der Waals surface area contributed by atoms with E-state index in [0.717, 1.165) is 6.42 Å². The first kappa shape index (κ1) is 18.2. The maximum Gasteiger partial charge on any atom is 0.251 e. The van der Waals surface area contributed by atoms with E-state index in [1.165, 1.54) is 13.8 Å². The Bertz CT molecular complexity index is 721. The summed E-state index contributed by atoms with van der Waals surface area (Å²) in [6, 6.07) is 6.57. The Morgan fingerprint density at radius 3 is 2.20 bits per heavy atom. The number of nitrogens with zero attached hydrogens (tertiary/aromatic N) is 2. The molecule has 2 rings (SSSR count). The highest BCUT2D eigenvalue weighted by molar-refractivity contribution is 5.99. The normalized spacial score (nSPS) is 10.2. The molecule has 8 heteroatoms. The summed E-state index contributed by atoms with van der Waals surface area (Å²) < 4.78 is 1.79. The van der Waals surface area contributed by atoms with Crippen LogP contribution in [0.4, 0.5) is 11.4 Å². The van der Waals surface area contributed by atoms with Gasteiger partial charge >= 0.3 is 0 Å². The smallest absolute Gasteiger partial charge is 0.251 e. The fraction of sp³-hybridized carbons (Fsp3) is 0.294. The molecule has 0 saturated carbocycles. The third-order valence-corrected chi connectivity index (χ3v) is 3.24. The van der Waals surface area contributed by atoms with E-state index in [0.29, 0.717) is 30.0 Å². The summed E-state index contributed by atoms with van der Waals surface area (Å²) in [5, 5.41) is 12.1. The van der Waals surface area contributed by atoms with Gasteiger partial charge in [-0.05, 0) is 30.7 Å². The van der Waals surface area contributed by atoms with Crippen molar-refractivity contribution in [3.05, 3.63) is 42.2 Å². The molecular formula is C17H21N5O3. The number of aryl methyl sites for hydroxylation is 1. The van der Waals surface area contributed by atoms with Gasteiger partial charge in [-0.1, -0.05) is 0 Å². The molecule has 8 nitrogen and oxygen atoms in total. The number of carbonyl (C=O) groups is 3. The standard InChI is InChI=1S/C17H21N5O3/c1-12(23)20-15-9-14(10-16(11-15)21-13(2)24)17(25)18-5-3-7-22-8-4-6-19-22/h4,6,8-11H,3,5,7H2,1-2H3,(H,18,25)(H,20,23)(H,21,24). The molecule has 0 unspecified atom stereocenters. The number of rotatable bonds is 7. The minimum Gasteiger partial charge on any atom is -0.352 e. The van der Waals surface area contributed by atoms with Gasteiger partial charge in [0, 0.05) is 56.3 Å². The quantitative estimate of drug-likeness (QED) is 0.664. The molecule has 0 spiro atoms.